The second-order valence-corrected chi connectivity index (χ2v) is 10.7. The zero-order valence-corrected chi connectivity index (χ0v) is 19.6. The third-order valence-corrected chi connectivity index (χ3v) is 7.01. The molecule has 0 saturated carbocycles. The molecule has 4 rings (SSSR count). The predicted octanol–water partition coefficient (Wildman–Crippen LogP) is 3.04. The summed E-state index contributed by atoms with van der Waals surface area (Å²) in [6.07, 6.45) is 4.40. The van der Waals surface area contributed by atoms with Crippen LogP contribution in [-0.4, -0.2) is 64.4 Å². The number of thiazole rings is 1. The lowest BCUT2D eigenvalue weighted by Crippen LogP contribution is -2.35. The summed E-state index contributed by atoms with van der Waals surface area (Å²) in [4.78, 5) is 21.5. The first-order chi connectivity index (χ1) is 15.2. The maximum Gasteiger partial charge on any atom is 0.252 e. The molecule has 1 aliphatic heterocycles. The quantitative estimate of drug-likeness (QED) is 0.487. The highest BCUT2D eigenvalue weighted by atomic mass is 32.2. The Bertz CT molecular complexity index is 1300. The molecular weight excluding hydrogens is 450 g/mol. The highest BCUT2D eigenvalue weighted by Gasteiger charge is 2.19. The molecule has 10 heteroatoms. The van der Waals surface area contributed by atoms with Gasteiger partial charge in [-0.3, -0.25) is 9.69 Å². The van der Waals surface area contributed by atoms with Gasteiger partial charge in [0.25, 0.3) is 5.91 Å². The molecule has 8 nitrogen and oxygen atoms in total. The molecule has 0 unspecified atom stereocenters. The molecule has 32 heavy (non-hydrogen) atoms. The van der Waals surface area contributed by atoms with E-state index in [1.165, 1.54) is 29.7 Å². The van der Waals surface area contributed by atoms with Crippen molar-refractivity contribution in [3.63, 3.8) is 0 Å². The molecule has 168 valence electrons. The molecule has 0 aliphatic carbocycles. The minimum Gasteiger partial charge on any atom is -0.454 e. The van der Waals surface area contributed by atoms with E-state index in [9.17, 15) is 13.2 Å². The number of rotatable bonds is 7. The molecule has 0 spiro atoms. The number of aromatic nitrogens is 1. The van der Waals surface area contributed by atoms with Gasteiger partial charge in [-0.2, -0.15) is 0 Å². The van der Waals surface area contributed by atoms with Gasteiger partial charge in [-0.1, -0.05) is 17.4 Å². The maximum absolute atomic E-state index is 13.1. The number of ether oxygens (including phenoxy) is 2. The number of hydrogen-bond acceptors (Lipinski definition) is 8. The van der Waals surface area contributed by atoms with Gasteiger partial charge in [-0.25, -0.2) is 13.4 Å². The number of hydrogen-bond donors (Lipinski definition) is 0. The third-order valence-electron chi connectivity index (χ3n) is 4.86. The van der Waals surface area contributed by atoms with Crippen LogP contribution >= 0.6 is 11.3 Å². The second-order valence-electron chi connectivity index (χ2n) is 7.64. The van der Waals surface area contributed by atoms with E-state index in [1.54, 1.807) is 23.1 Å². The molecule has 0 atom stereocenters. The molecule has 0 radical (unpaired) electrons. The summed E-state index contributed by atoms with van der Waals surface area (Å²) in [5.41, 5.74) is 1.47. The van der Waals surface area contributed by atoms with Crippen molar-refractivity contribution < 1.29 is 22.7 Å². The van der Waals surface area contributed by atoms with Crippen LogP contribution in [0.3, 0.4) is 0 Å². The lowest BCUT2D eigenvalue weighted by molar-refractivity contribution is -0.114. The zero-order chi connectivity index (χ0) is 22.9. The molecular formula is C22H23N3O5S2. The first-order valence-electron chi connectivity index (χ1n) is 9.85. The molecule has 0 N–H and O–H groups in total. The first-order valence-corrected chi connectivity index (χ1v) is 12.6. The monoisotopic (exact) mass is 473 g/mol. The standard InChI is InChI=1S/C22H23N3O5S2/c1-24(2)10-11-25(21(26)9-5-15-4-8-18-19(12-15)30-14-29-18)22-23-17-7-6-16(32(3,27)28)13-20(17)31-22/h4-9,12-13H,10-11,14H2,1-3H3/b9-5+. The Morgan fingerprint density at radius 1 is 1.12 bits per heavy atom. The van der Waals surface area contributed by atoms with E-state index in [0.717, 1.165) is 5.56 Å². The van der Waals surface area contributed by atoms with Gasteiger partial charge < -0.3 is 14.4 Å². The number of amides is 1. The summed E-state index contributed by atoms with van der Waals surface area (Å²) in [7, 11) is 0.539. The van der Waals surface area contributed by atoms with Crippen LogP contribution in [-0.2, 0) is 14.6 Å². The smallest absolute Gasteiger partial charge is 0.252 e. The van der Waals surface area contributed by atoms with Crippen molar-refractivity contribution in [1.29, 1.82) is 0 Å². The van der Waals surface area contributed by atoms with E-state index < -0.39 is 9.84 Å². The minimum absolute atomic E-state index is 0.193. The lowest BCUT2D eigenvalue weighted by Gasteiger charge is -2.20. The molecule has 2 heterocycles. The topological polar surface area (TPSA) is 89.0 Å². The van der Waals surface area contributed by atoms with Crippen LogP contribution in [0.2, 0.25) is 0 Å². The van der Waals surface area contributed by atoms with Crippen LogP contribution in [0.25, 0.3) is 16.3 Å². The number of nitrogens with zero attached hydrogens (tertiary/aromatic N) is 3. The Morgan fingerprint density at radius 3 is 2.66 bits per heavy atom. The molecule has 2 aromatic carbocycles. The predicted molar refractivity (Wildman–Crippen MR) is 125 cm³/mol. The third kappa shape index (κ3) is 4.93. The lowest BCUT2D eigenvalue weighted by atomic mass is 10.2. The Kier molecular flexibility index (Phi) is 6.18. The average Bonchev–Trinajstić information content (AvgIpc) is 3.37. The van der Waals surface area contributed by atoms with Gasteiger partial charge in [-0.05, 0) is 56.1 Å². The fraction of sp³-hybridized carbons (Fsp3) is 0.273. The van der Waals surface area contributed by atoms with Crippen LogP contribution in [0.1, 0.15) is 5.56 Å². The zero-order valence-electron chi connectivity index (χ0n) is 17.9. The number of fused-ring (bicyclic) bond motifs is 2. The first kappa shape index (κ1) is 22.3. The number of likely N-dealkylation sites (N-methyl/N-ethyl adjacent to an activating group) is 1. The van der Waals surface area contributed by atoms with Crippen molar-refractivity contribution in [3.05, 3.63) is 48.0 Å². The summed E-state index contributed by atoms with van der Waals surface area (Å²) in [5.74, 6) is 1.12. The van der Waals surface area contributed by atoms with Gasteiger partial charge in [-0.15, -0.1) is 0 Å². The Labute approximate surface area is 190 Å². The average molecular weight is 474 g/mol. The van der Waals surface area contributed by atoms with Crippen molar-refractivity contribution in [2.45, 2.75) is 4.90 Å². The molecule has 1 aromatic heterocycles. The Balaban J connectivity index is 1.62. The minimum atomic E-state index is -3.33. The van der Waals surface area contributed by atoms with E-state index in [0.29, 0.717) is 39.9 Å². The van der Waals surface area contributed by atoms with Gasteiger partial charge in [0.2, 0.25) is 6.79 Å². The van der Waals surface area contributed by atoms with Gasteiger partial charge in [0.15, 0.2) is 26.5 Å². The highest BCUT2D eigenvalue weighted by molar-refractivity contribution is 7.90. The van der Waals surface area contributed by atoms with Crippen molar-refractivity contribution in [2.24, 2.45) is 0 Å². The van der Waals surface area contributed by atoms with Crippen molar-refractivity contribution >= 4 is 48.5 Å². The largest absolute Gasteiger partial charge is 0.454 e. The van der Waals surface area contributed by atoms with Crippen molar-refractivity contribution in [2.75, 3.05) is 45.1 Å². The molecule has 3 aromatic rings. The molecule has 1 aliphatic rings. The second kappa shape index (κ2) is 8.89. The van der Waals surface area contributed by atoms with E-state index in [-0.39, 0.29) is 17.6 Å². The number of carbonyl (C=O) groups excluding carboxylic acids is 1. The van der Waals surface area contributed by atoms with E-state index in [4.69, 9.17) is 9.47 Å². The Morgan fingerprint density at radius 2 is 1.91 bits per heavy atom. The van der Waals surface area contributed by atoms with Crippen LogP contribution in [0.15, 0.2) is 47.4 Å². The van der Waals surface area contributed by atoms with Gasteiger partial charge in [0.1, 0.15) is 0 Å². The van der Waals surface area contributed by atoms with Gasteiger partial charge in [0.05, 0.1) is 15.1 Å². The normalized spacial score (nSPS) is 13.4. The molecule has 0 saturated heterocycles. The van der Waals surface area contributed by atoms with Crippen LogP contribution < -0.4 is 14.4 Å². The number of sulfone groups is 1. The maximum atomic E-state index is 13.1. The van der Waals surface area contributed by atoms with Crippen LogP contribution in [0.5, 0.6) is 11.5 Å². The summed E-state index contributed by atoms with van der Waals surface area (Å²) in [6, 6.07) is 10.3. The summed E-state index contributed by atoms with van der Waals surface area (Å²) >= 11 is 1.29. The molecule has 0 bridgehead atoms. The number of benzene rings is 2. The number of carbonyl (C=O) groups is 1. The van der Waals surface area contributed by atoms with E-state index >= 15 is 0 Å². The Hall–Kier alpha value is -2.95. The summed E-state index contributed by atoms with van der Waals surface area (Å²) in [6.45, 7) is 1.28. The fourth-order valence-electron chi connectivity index (χ4n) is 3.11. The van der Waals surface area contributed by atoms with Crippen molar-refractivity contribution in [3.8, 4) is 11.5 Å². The van der Waals surface area contributed by atoms with Gasteiger partial charge >= 0.3 is 0 Å². The van der Waals surface area contributed by atoms with Crippen LogP contribution in [0.4, 0.5) is 5.13 Å². The summed E-state index contributed by atoms with van der Waals surface area (Å²) in [5, 5.41) is 0.521. The van der Waals surface area contributed by atoms with Crippen LogP contribution in [0, 0.1) is 0 Å². The molecule has 0 fully saturated rings. The fourth-order valence-corrected chi connectivity index (χ4v) is 4.87. The van der Waals surface area contributed by atoms with E-state index in [1.807, 2.05) is 37.2 Å². The highest BCUT2D eigenvalue weighted by Crippen LogP contribution is 2.33. The van der Waals surface area contributed by atoms with Crippen molar-refractivity contribution in [1.82, 2.24) is 9.88 Å². The number of anilines is 1. The van der Waals surface area contributed by atoms with Gasteiger partial charge in [0, 0.05) is 25.4 Å². The SMILES string of the molecule is CN(C)CCN(C(=O)/C=C/c1ccc2c(c1)OCO2)c1nc2ccc(S(C)(=O)=O)cc2s1. The molecule has 1 amide bonds. The van der Waals surface area contributed by atoms with E-state index in [2.05, 4.69) is 4.98 Å². The summed E-state index contributed by atoms with van der Waals surface area (Å²) < 4.78 is 35.2.